The minimum atomic E-state index is -1.91. The monoisotopic (exact) mass is 504 g/mol. The Kier molecular flexibility index (Phi) is 9.54. The van der Waals surface area contributed by atoms with Crippen molar-refractivity contribution in [3.63, 3.8) is 0 Å². The van der Waals surface area contributed by atoms with E-state index in [0.29, 0.717) is 0 Å². The van der Waals surface area contributed by atoms with E-state index in [0.717, 1.165) is 0 Å². The summed E-state index contributed by atoms with van der Waals surface area (Å²) in [6, 6.07) is 0. The fourth-order valence-electron chi connectivity index (χ4n) is 4.06. The molecule has 0 amide bonds. The van der Waals surface area contributed by atoms with Crippen LogP contribution in [0.4, 0.5) is 0 Å². The van der Waals surface area contributed by atoms with Crippen LogP contribution >= 0.6 is 0 Å². The molecule has 15 atom stereocenters. The smallest absolute Gasteiger partial charge is 0.187 e. The molecule has 3 aliphatic heterocycles. The van der Waals surface area contributed by atoms with Gasteiger partial charge in [0.05, 0.1) is 19.8 Å². The summed E-state index contributed by atoms with van der Waals surface area (Å²) in [5, 5.41) is 109. The molecular formula is C18H32O16. The van der Waals surface area contributed by atoms with Crippen molar-refractivity contribution in [3.8, 4) is 0 Å². The van der Waals surface area contributed by atoms with Crippen LogP contribution in [0.1, 0.15) is 0 Å². The van der Waals surface area contributed by atoms with Crippen LogP contribution in [-0.2, 0) is 23.7 Å². The summed E-state index contributed by atoms with van der Waals surface area (Å²) in [4.78, 5) is 0. The van der Waals surface area contributed by atoms with Gasteiger partial charge in [-0.2, -0.15) is 0 Å². The van der Waals surface area contributed by atoms with Gasteiger partial charge in [-0.05, 0) is 0 Å². The SMILES string of the molecule is OCC1O[C@H](O[C@H]2C(CO)O[C@@H](O[C@@H]3C(CO)OC(O)C(O)[C@H]3O)C(O)[C@H]2O)C(O)[C@@H](O)C1O. The quantitative estimate of drug-likeness (QED) is 0.154. The summed E-state index contributed by atoms with van der Waals surface area (Å²) in [6.07, 6.45) is -25.1. The van der Waals surface area contributed by atoms with Crippen molar-refractivity contribution in [2.45, 2.75) is 92.1 Å². The average molecular weight is 504 g/mol. The molecule has 0 aliphatic carbocycles. The van der Waals surface area contributed by atoms with Gasteiger partial charge in [0, 0.05) is 0 Å². The van der Waals surface area contributed by atoms with Crippen LogP contribution < -0.4 is 0 Å². The lowest BCUT2D eigenvalue weighted by molar-refractivity contribution is -0.377. The van der Waals surface area contributed by atoms with Crippen molar-refractivity contribution in [2.75, 3.05) is 19.8 Å². The maximum Gasteiger partial charge on any atom is 0.187 e. The molecule has 0 aromatic carbocycles. The van der Waals surface area contributed by atoms with Crippen LogP contribution in [-0.4, -0.2) is 168 Å². The fraction of sp³-hybridized carbons (Fsp3) is 1.00. The first-order valence-corrected chi connectivity index (χ1v) is 10.6. The normalized spacial score (nSPS) is 52.5. The molecule has 0 bridgehead atoms. The molecule has 16 nitrogen and oxygen atoms in total. The highest BCUT2D eigenvalue weighted by atomic mass is 16.8. The molecule has 0 radical (unpaired) electrons. The van der Waals surface area contributed by atoms with E-state index in [1.54, 1.807) is 0 Å². The van der Waals surface area contributed by atoms with Gasteiger partial charge >= 0.3 is 0 Å². The molecule has 0 saturated carbocycles. The van der Waals surface area contributed by atoms with Crippen LogP contribution in [0.25, 0.3) is 0 Å². The summed E-state index contributed by atoms with van der Waals surface area (Å²) in [7, 11) is 0. The Morgan fingerprint density at radius 1 is 0.441 bits per heavy atom. The Hall–Kier alpha value is -0.640. The van der Waals surface area contributed by atoms with E-state index in [2.05, 4.69) is 0 Å². The number of rotatable bonds is 7. The topological polar surface area (TPSA) is 269 Å². The Morgan fingerprint density at radius 3 is 1.35 bits per heavy atom. The van der Waals surface area contributed by atoms with Crippen LogP contribution in [0.5, 0.6) is 0 Å². The molecule has 11 N–H and O–H groups in total. The number of ether oxygens (including phenoxy) is 5. The number of hydrogen-bond acceptors (Lipinski definition) is 16. The molecule has 0 aromatic rings. The van der Waals surface area contributed by atoms with Crippen molar-refractivity contribution in [3.05, 3.63) is 0 Å². The standard InChI is InChI=1S/C18H32O16/c19-1-4-7(22)8(23)12(27)17(31-4)34-15-6(3-21)32-18(13(28)10(15)25)33-14-5(2-20)30-16(29)11(26)9(14)24/h4-29H,1-3H2/t4?,5?,6?,7?,8-,9+,10+,11?,12?,13?,14+,15-,16?,17+,18-/m0/s1. The summed E-state index contributed by atoms with van der Waals surface area (Å²) in [5.74, 6) is 0. The molecule has 3 saturated heterocycles. The van der Waals surface area contributed by atoms with Crippen molar-refractivity contribution in [1.29, 1.82) is 0 Å². The zero-order valence-corrected chi connectivity index (χ0v) is 17.7. The third-order valence-electron chi connectivity index (χ3n) is 6.09. The van der Waals surface area contributed by atoms with Gasteiger partial charge in [-0.25, -0.2) is 0 Å². The van der Waals surface area contributed by atoms with E-state index >= 15 is 0 Å². The van der Waals surface area contributed by atoms with E-state index in [4.69, 9.17) is 23.7 Å². The molecule has 3 heterocycles. The van der Waals surface area contributed by atoms with Crippen LogP contribution in [0.2, 0.25) is 0 Å². The molecule has 0 aromatic heterocycles. The van der Waals surface area contributed by atoms with Crippen molar-refractivity contribution < 1.29 is 79.9 Å². The largest absolute Gasteiger partial charge is 0.394 e. The maximum absolute atomic E-state index is 10.6. The minimum Gasteiger partial charge on any atom is -0.394 e. The van der Waals surface area contributed by atoms with E-state index in [-0.39, 0.29) is 0 Å². The molecule has 16 heteroatoms. The van der Waals surface area contributed by atoms with Gasteiger partial charge in [-0.1, -0.05) is 0 Å². The summed E-state index contributed by atoms with van der Waals surface area (Å²) in [6.45, 7) is -2.32. The maximum atomic E-state index is 10.6. The lowest BCUT2D eigenvalue weighted by atomic mass is 9.96. The van der Waals surface area contributed by atoms with Crippen molar-refractivity contribution in [2.24, 2.45) is 0 Å². The van der Waals surface area contributed by atoms with Gasteiger partial charge in [-0.15, -0.1) is 0 Å². The van der Waals surface area contributed by atoms with Crippen molar-refractivity contribution in [1.82, 2.24) is 0 Å². The Bertz CT molecular complexity index is 635. The first-order valence-electron chi connectivity index (χ1n) is 10.6. The minimum absolute atomic E-state index is 0.741. The molecule has 3 rings (SSSR count). The lowest BCUT2D eigenvalue weighted by Crippen LogP contribution is -2.66. The van der Waals surface area contributed by atoms with E-state index < -0.39 is 112 Å². The molecule has 3 fully saturated rings. The Balaban J connectivity index is 1.72. The van der Waals surface area contributed by atoms with Crippen LogP contribution in [0, 0.1) is 0 Å². The zero-order chi connectivity index (χ0) is 25.3. The van der Waals surface area contributed by atoms with Gasteiger partial charge in [0.1, 0.15) is 73.2 Å². The van der Waals surface area contributed by atoms with Gasteiger partial charge in [-0.3, -0.25) is 0 Å². The highest BCUT2D eigenvalue weighted by Gasteiger charge is 2.53. The molecule has 34 heavy (non-hydrogen) atoms. The second-order valence-electron chi connectivity index (χ2n) is 8.33. The molecule has 0 spiro atoms. The van der Waals surface area contributed by atoms with Crippen LogP contribution in [0.15, 0.2) is 0 Å². The van der Waals surface area contributed by atoms with E-state index in [9.17, 15) is 56.2 Å². The Morgan fingerprint density at radius 2 is 0.853 bits per heavy atom. The molecule has 8 unspecified atom stereocenters. The number of aliphatic hydroxyl groups is 11. The van der Waals surface area contributed by atoms with Crippen LogP contribution in [0.3, 0.4) is 0 Å². The Labute approximate surface area is 192 Å². The molecule has 3 aliphatic rings. The van der Waals surface area contributed by atoms with Gasteiger partial charge < -0.3 is 79.9 Å². The second kappa shape index (κ2) is 11.6. The summed E-state index contributed by atoms with van der Waals surface area (Å²) >= 11 is 0. The lowest BCUT2D eigenvalue weighted by Gasteiger charge is -2.47. The zero-order valence-electron chi connectivity index (χ0n) is 17.7. The molecule has 200 valence electrons. The summed E-state index contributed by atoms with van der Waals surface area (Å²) < 4.78 is 26.4. The molecular weight excluding hydrogens is 472 g/mol. The van der Waals surface area contributed by atoms with E-state index in [1.807, 2.05) is 0 Å². The fourth-order valence-corrected chi connectivity index (χ4v) is 4.06. The summed E-state index contributed by atoms with van der Waals surface area (Å²) in [5.41, 5.74) is 0. The first-order chi connectivity index (χ1) is 16.0. The first kappa shape index (κ1) is 27.9. The highest BCUT2D eigenvalue weighted by Crippen LogP contribution is 2.32. The van der Waals surface area contributed by atoms with E-state index in [1.165, 1.54) is 0 Å². The number of aliphatic hydroxyl groups excluding tert-OH is 11. The number of hydrogen-bond donors (Lipinski definition) is 11. The average Bonchev–Trinajstić information content (AvgIpc) is 2.83. The third-order valence-corrected chi connectivity index (χ3v) is 6.09. The van der Waals surface area contributed by atoms with Gasteiger partial charge in [0.2, 0.25) is 0 Å². The van der Waals surface area contributed by atoms with Crippen molar-refractivity contribution >= 4 is 0 Å². The second-order valence-corrected chi connectivity index (χ2v) is 8.33. The third kappa shape index (κ3) is 5.37. The predicted molar refractivity (Wildman–Crippen MR) is 101 cm³/mol. The van der Waals surface area contributed by atoms with Gasteiger partial charge in [0.15, 0.2) is 18.9 Å². The van der Waals surface area contributed by atoms with Gasteiger partial charge in [0.25, 0.3) is 0 Å². The highest BCUT2D eigenvalue weighted by molar-refractivity contribution is 4.96. The predicted octanol–water partition coefficient (Wildman–Crippen LogP) is -7.57.